The monoisotopic (exact) mass is 365 g/mol. The lowest BCUT2D eigenvalue weighted by Gasteiger charge is -2.26. The van der Waals surface area contributed by atoms with Gasteiger partial charge in [0.05, 0.1) is 5.39 Å². The molecule has 1 aliphatic heterocycles. The lowest BCUT2D eigenvalue weighted by Crippen LogP contribution is -2.44. The molecule has 1 aliphatic rings. The predicted molar refractivity (Wildman–Crippen MR) is 101 cm³/mol. The molecular formula is C21H19NO5. The minimum Gasteiger partial charge on any atom is -0.485 e. The van der Waals surface area contributed by atoms with E-state index in [9.17, 15) is 9.59 Å². The summed E-state index contributed by atoms with van der Waals surface area (Å²) >= 11 is 0. The summed E-state index contributed by atoms with van der Waals surface area (Å²) in [5.74, 6) is 1.27. The summed E-state index contributed by atoms with van der Waals surface area (Å²) in [5.41, 5.74) is 1.13. The molecule has 0 aliphatic carbocycles. The highest BCUT2D eigenvalue weighted by Gasteiger charge is 2.27. The summed E-state index contributed by atoms with van der Waals surface area (Å²) in [6.07, 6.45) is 0.185. The van der Waals surface area contributed by atoms with Gasteiger partial charge in [0.1, 0.15) is 18.0 Å². The molecule has 27 heavy (non-hydrogen) atoms. The Balaban J connectivity index is 1.61. The van der Waals surface area contributed by atoms with Crippen LogP contribution in [0, 0.1) is 0 Å². The van der Waals surface area contributed by atoms with Crippen LogP contribution in [0.25, 0.3) is 22.3 Å². The van der Waals surface area contributed by atoms with Crippen LogP contribution in [-0.4, -0.2) is 25.2 Å². The van der Waals surface area contributed by atoms with Crippen molar-refractivity contribution in [3.63, 3.8) is 0 Å². The number of fused-ring (bicyclic) bond motifs is 2. The third-order valence-electron chi connectivity index (χ3n) is 4.36. The van der Waals surface area contributed by atoms with Gasteiger partial charge >= 0.3 is 0 Å². The van der Waals surface area contributed by atoms with Crippen LogP contribution < -0.4 is 20.2 Å². The van der Waals surface area contributed by atoms with E-state index in [4.69, 9.17) is 13.9 Å². The van der Waals surface area contributed by atoms with Gasteiger partial charge in [0.15, 0.2) is 16.9 Å². The number of ether oxygens (including phenoxy) is 2. The van der Waals surface area contributed by atoms with Crippen LogP contribution in [0.3, 0.4) is 0 Å². The number of rotatable bonds is 4. The van der Waals surface area contributed by atoms with E-state index in [1.54, 1.807) is 36.4 Å². The molecule has 6 nitrogen and oxygen atoms in total. The lowest BCUT2D eigenvalue weighted by molar-refractivity contribution is -0.130. The summed E-state index contributed by atoms with van der Waals surface area (Å²) in [5, 5.41) is 3.34. The van der Waals surface area contributed by atoms with E-state index < -0.39 is 6.10 Å². The van der Waals surface area contributed by atoms with E-state index >= 15 is 0 Å². The van der Waals surface area contributed by atoms with Gasteiger partial charge in [-0.25, -0.2) is 0 Å². The number of hydrogen-bond acceptors (Lipinski definition) is 5. The summed E-state index contributed by atoms with van der Waals surface area (Å²) in [4.78, 5) is 24.4. The Labute approximate surface area is 155 Å². The topological polar surface area (TPSA) is 77.8 Å². The quantitative estimate of drug-likeness (QED) is 0.769. The average Bonchev–Trinajstić information content (AvgIpc) is 2.71. The van der Waals surface area contributed by atoms with Gasteiger partial charge in [0, 0.05) is 18.2 Å². The van der Waals surface area contributed by atoms with Gasteiger partial charge in [-0.2, -0.15) is 0 Å². The molecule has 0 fully saturated rings. The van der Waals surface area contributed by atoms with Gasteiger partial charge in [0.25, 0.3) is 5.91 Å². The number of carbonyl (C=O) groups excluding carboxylic acids is 1. The fourth-order valence-electron chi connectivity index (χ4n) is 2.96. The first-order chi connectivity index (χ1) is 13.2. The summed E-state index contributed by atoms with van der Waals surface area (Å²) in [7, 11) is 0. The molecule has 1 N–H and O–H groups in total. The minimum absolute atomic E-state index is 0.102. The number of amides is 1. The smallest absolute Gasteiger partial charge is 0.264 e. The zero-order valence-corrected chi connectivity index (χ0v) is 14.9. The second-order valence-electron chi connectivity index (χ2n) is 6.34. The minimum atomic E-state index is -0.673. The molecular weight excluding hydrogens is 346 g/mol. The van der Waals surface area contributed by atoms with E-state index in [-0.39, 0.29) is 17.9 Å². The van der Waals surface area contributed by atoms with Crippen molar-refractivity contribution in [3.05, 3.63) is 58.8 Å². The van der Waals surface area contributed by atoms with E-state index in [1.165, 1.54) is 6.07 Å². The van der Waals surface area contributed by atoms with Crippen molar-refractivity contribution >= 4 is 16.9 Å². The Morgan fingerprint density at radius 3 is 2.85 bits per heavy atom. The molecule has 1 atom stereocenters. The number of benzene rings is 2. The van der Waals surface area contributed by atoms with Crippen molar-refractivity contribution in [3.8, 4) is 22.8 Å². The van der Waals surface area contributed by atoms with Gasteiger partial charge in [-0.3, -0.25) is 9.59 Å². The normalized spacial score (nSPS) is 15.5. The van der Waals surface area contributed by atoms with Crippen LogP contribution in [0.15, 0.2) is 57.7 Å². The van der Waals surface area contributed by atoms with Crippen LogP contribution in [0.5, 0.6) is 11.5 Å². The van der Waals surface area contributed by atoms with E-state index in [2.05, 4.69) is 5.32 Å². The maximum atomic E-state index is 12.3. The van der Waals surface area contributed by atoms with Crippen LogP contribution in [0.1, 0.15) is 13.3 Å². The molecule has 0 saturated carbocycles. The first kappa shape index (κ1) is 17.1. The van der Waals surface area contributed by atoms with Crippen LogP contribution in [0.2, 0.25) is 0 Å². The zero-order valence-electron chi connectivity index (χ0n) is 14.9. The van der Waals surface area contributed by atoms with Gasteiger partial charge in [-0.1, -0.05) is 19.1 Å². The third kappa shape index (κ3) is 3.38. The highest BCUT2D eigenvalue weighted by molar-refractivity contribution is 5.82. The molecule has 1 unspecified atom stereocenters. The molecule has 1 amide bonds. The molecule has 6 heteroatoms. The molecule has 2 aromatic carbocycles. The highest BCUT2D eigenvalue weighted by atomic mass is 16.6. The van der Waals surface area contributed by atoms with Crippen molar-refractivity contribution in [2.45, 2.75) is 19.4 Å². The van der Waals surface area contributed by atoms with E-state index in [0.717, 1.165) is 6.42 Å². The van der Waals surface area contributed by atoms with Crippen molar-refractivity contribution < 1.29 is 18.7 Å². The Bertz CT molecular complexity index is 1060. The Hall–Kier alpha value is -3.28. The van der Waals surface area contributed by atoms with Crippen LogP contribution in [-0.2, 0) is 4.79 Å². The largest absolute Gasteiger partial charge is 0.485 e. The molecule has 138 valence electrons. The van der Waals surface area contributed by atoms with Gasteiger partial charge in [-0.15, -0.1) is 0 Å². The van der Waals surface area contributed by atoms with Crippen molar-refractivity contribution in [2.75, 3.05) is 13.2 Å². The molecule has 2 heterocycles. The summed E-state index contributed by atoms with van der Waals surface area (Å²) in [6.45, 7) is 2.72. The van der Waals surface area contributed by atoms with E-state index in [1.807, 2.05) is 13.0 Å². The van der Waals surface area contributed by atoms with Gasteiger partial charge in [-0.05, 0) is 36.8 Å². The molecule has 3 aromatic rings. The molecule has 1 aromatic heterocycles. The van der Waals surface area contributed by atoms with Crippen molar-refractivity contribution in [1.29, 1.82) is 0 Å². The van der Waals surface area contributed by atoms with Crippen LogP contribution >= 0.6 is 0 Å². The third-order valence-corrected chi connectivity index (χ3v) is 4.36. The molecule has 4 rings (SSSR count). The summed E-state index contributed by atoms with van der Waals surface area (Å²) < 4.78 is 17.3. The fraction of sp³-hybridized carbons (Fsp3) is 0.238. The Morgan fingerprint density at radius 1 is 1.15 bits per heavy atom. The van der Waals surface area contributed by atoms with Crippen molar-refractivity contribution in [2.24, 2.45) is 0 Å². The Morgan fingerprint density at radius 2 is 2.00 bits per heavy atom. The predicted octanol–water partition coefficient (Wildman–Crippen LogP) is 3.13. The lowest BCUT2D eigenvalue weighted by atomic mass is 10.1. The van der Waals surface area contributed by atoms with Gasteiger partial charge < -0.3 is 19.2 Å². The fourth-order valence-corrected chi connectivity index (χ4v) is 2.96. The second kappa shape index (κ2) is 7.15. The number of nitrogens with one attached hydrogen (secondary N) is 1. The molecule has 0 spiro atoms. The number of hydrogen-bond donors (Lipinski definition) is 1. The molecule has 0 radical (unpaired) electrons. The van der Waals surface area contributed by atoms with Crippen LogP contribution in [0.4, 0.5) is 0 Å². The first-order valence-electron chi connectivity index (χ1n) is 8.90. The standard InChI is InChI=1S/C21H19NO5/c1-2-9-22-21(24)20-12-25-19-10-13(7-8-17(19)27-20)18-11-15(23)14-5-3-4-6-16(14)26-18/h3-8,10-11,20H,2,9,12H2,1H3,(H,22,24). The SMILES string of the molecule is CCCNC(=O)C1COc2cc(-c3cc(=O)c4ccccc4o3)ccc2O1. The highest BCUT2D eigenvalue weighted by Crippen LogP contribution is 2.36. The second-order valence-corrected chi connectivity index (χ2v) is 6.34. The molecule has 0 saturated heterocycles. The number of carbonyl (C=O) groups is 1. The maximum absolute atomic E-state index is 12.3. The van der Waals surface area contributed by atoms with E-state index in [0.29, 0.717) is 40.3 Å². The van der Waals surface area contributed by atoms with Gasteiger partial charge in [0.2, 0.25) is 6.10 Å². The Kier molecular flexibility index (Phi) is 4.54. The average molecular weight is 365 g/mol. The number of para-hydroxylation sites is 1. The molecule has 0 bridgehead atoms. The van der Waals surface area contributed by atoms with Crippen molar-refractivity contribution in [1.82, 2.24) is 5.32 Å². The maximum Gasteiger partial charge on any atom is 0.264 e. The zero-order chi connectivity index (χ0) is 18.8. The summed E-state index contributed by atoms with van der Waals surface area (Å²) in [6, 6.07) is 13.8. The first-order valence-corrected chi connectivity index (χ1v) is 8.90.